The minimum absolute atomic E-state index is 0.127. The van der Waals surface area contributed by atoms with Crippen LogP contribution in [0.5, 0.6) is 0 Å². The Bertz CT molecular complexity index is 1120. The molecular formula is C21H22ClN3O2S. The number of hydrogen-bond acceptors (Lipinski definition) is 3. The highest BCUT2D eigenvalue weighted by atomic mass is 35.5. The molecule has 2 aromatic carbocycles. The minimum atomic E-state index is -0.242. The van der Waals surface area contributed by atoms with E-state index in [-0.39, 0.29) is 11.5 Å². The van der Waals surface area contributed by atoms with Gasteiger partial charge in [0.2, 0.25) is 0 Å². The molecule has 0 radical (unpaired) electrons. The van der Waals surface area contributed by atoms with Crippen LogP contribution in [0, 0.1) is 4.77 Å². The second-order valence-corrected chi connectivity index (χ2v) is 7.42. The summed E-state index contributed by atoms with van der Waals surface area (Å²) in [5, 5.41) is 3.98. The topological polar surface area (TPSA) is 66.9 Å². The van der Waals surface area contributed by atoms with Crippen molar-refractivity contribution >= 4 is 40.6 Å². The molecule has 0 aliphatic carbocycles. The van der Waals surface area contributed by atoms with Gasteiger partial charge in [0.1, 0.15) is 0 Å². The first-order chi connectivity index (χ1) is 13.5. The van der Waals surface area contributed by atoms with Gasteiger partial charge >= 0.3 is 0 Å². The first-order valence-electron chi connectivity index (χ1n) is 9.29. The van der Waals surface area contributed by atoms with E-state index in [1.54, 1.807) is 28.8 Å². The normalized spacial score (nSPS) is 10.9. The predicted molar refractivity (Wildman–Crippen MR) is 116 cm³/mol. The van der Waals surface area contributed by atoms with Crippen LogP contribution in [0.2, 0.25) is 5.02 Å². The second kappa shape index (κ2) is 9.17. The third-order valence-corrected chi connectivity index (χ3v) is 5.32. The molecule has 0 saturated carbocycles. The Morgan fingerprint density at radius 3 is 2.75 bits per heavy atom. The van der Waals surface area contributed by atoms with E-state index < -0.39 is 0 Å². The van der Waals surface area contributed by atoms with Gasteiger partial charge in [0.05, 0.1) is 10.9 Å². The summed E-state index contributed by atoms with van der Waals surface area (Å²) in [6, 6.07) is 12.3. The van der Waals surface area contributed by atoms with Crippen LogP contribution in [0.3, 0.4) is 0 Å². The lowest BCUT2D eigenvalue weighted by molar-refractivity contribution is 0.0951. The van der Waals surface area contributed by atoms with E-state index in [1.807, 2.05) is 18.2 Å². The molecule has 0 saturated heterocycles. The van der Waals surface area contributed by atoms with E-state index in [0.29, 0.717) is 39.3 Å². The van der Waals surface area contributed by atoms with Gasteiger partial charge in [-0.2, -0.15) is 0 Å². The predicted octanol–water partition coefficient (Wildman–Crippen LogP) is 4.83. The summed E-state index contributed by atoms with van der Waals surface area (Å²) < 4.78 is 1.96. The summed E-state index contributed by atoms with van der Waals surface area (Å²) in [4.78, 5) is 28.3. The standard InChI is InChI=1S/C21H22ClN3O2S/c1-2-3-6-11-25-20(27)16-10-9-14(12-18(16)24-21(25)28)19(26)23-13-15-7-4-5-8-17(15)22/h4-5,7-10,12H,2-3,6,11,13H2,1H3,(H,23,26)(H,24,28). The van der Waals surface area contributed by atoms with Crippen LogP contribution in [0.15, 0.2) is 47.3 Å². The van der Waals surface area contributed by atoms with E-state index in [9.17, 15) is 9.59 Å². The number of aromatic amines is 1. The number of unbranched alkanes of at least 4 members (excludes halogenated alkanes) is 2. The number of carbonyl (C=O) groups excluding carboxylic acids is 1. The molecule has 0 spiro atoms. The van der Waals surface area contributed by atoms with E-state index in [4.69, 9.17) is 23.8 Å². The molecule has 3 aromatic rings. The summed E-state index contributed by atoms with van der Waals surface area (Å²) in [6.07, 6.45) is 3.02. The average Bonchev–Trinajstić information content (AvgIpc) is 2.69. The summed E-state index contributed by atoms with van der Waals surface area (Å²) in [5.41, 5.74) is 1.73. The number of H-pyrrole nitrogens is 1. The lowest BCUT2D eigenvalue weighted by Crippen LogP contribution is -2.24. The molecule has 0 atom stereocenters. The number of hydrogen-bond donors (Lipinski definition) is 2. The Balaban J connectivity index is 1.83. The highest BCUT2D eigenvalue weighted by Crippen LogP contribution is 2.15. The number of nitrogens with one attached hydrogen (secondary N) is 2. The first kappa shape index (κ1) is 20.3. The van der Waals surface area contributed by atoms with Crippen molar-refractivity contribution in [3.05, 3.63) is 73.7 Å². The van der Waals surface area contributed by atoms with Gasteiger partial charge in [0.15, 0.2) is 4.77 Å². The van der Waals surface area contributed by atoms with Gasteiger partial charge in [-0.15, -0.1) is 0 Å². The van der Waals surface area contributed by atoms with E-state index in [2.05, 4.69) is 17.2 Å². The maximum atomic E-state index is 12.7. The van der Waals surface area contributed by atoms with Crippen molar-refractivity contribution in [2.45, 2.75) is 39.3 Å². The summed E-state index contributed by atoms with van der Waals surface area (Å²) >= 11 is 11.5. The number of rotatable bonds is 7. The highest BCUT2D eigenvalue weighted by Gasteiger charge is 2.11. The number of nitrogens with zero attached hydrogens (tertiary/aromatic N) is 1. The van der Waals surface area contributed by atoms with Crippen LogP contribution in [0.4, 0.5) is 0 Å². The number of benzene rings is 2. The molecule has 1 amide bonds. The van der Waals surface area contributed by atoms with E-state index in [1.165, 1.54) is 0 Å². The van der Waals surface area contributed by atoms with Gasteiger partial charge in [-0.05, 0) is 48.5 Å². The maximum Gasteiger partial charge on any atom is 0.262 e. The van der Waals surface area contributed by atoms with Crippen LogP contribution in [0.25, 0.3) is 10.9 Å². The molecule has 3 rings (SSSR count). The molecule has 7 heteroatoms. The smallest absolute Gasteiger partial charge is 0.262 e. The molecule has 28 heavy (non-hydrogen) atoms. The Morgan fingerprint density at radius 1 is 1.21 bits per heavy atom. The summed E-state index contributed by atoms with van der Waals surface area (Å²) in [5.74, 6) is -0.242. The third kappa shape index (κ3) is 4.51. The second-order valence-electron chi connectivity index (χ2n) is 6.63. The molecule has 0 aliphatic rings. The van der Waals surface area contributed by atoms with Crippen LogP contribution >= 0.6 is 23.8 Å². The molecule has 0 unspecified atom stereocenters. The maximum absolute atomic E-state index is 12.7. The molecule has 1 heterocycles. The zero-order chi connectivity index (χ0) is 20.1. The molecule has 2 N–H and O–H groups in total. The number of fused-ring (bicyclic) bond motifs is 1. The van der Waals surface area contributed by atoms with Gasteiger partial charge in [-0.3, -0.25) is 14.2 Å². The van der Waals surface area contributed by atoms with Crippen molar-refractivity contribution in [2.75, 3.05) is 0 Å². The average molecular weight is 416 g/mol. The molecule has 0 aliphatic heterocycles. The van der Waals surface area contributed by atoms with Crippen LogP contribution in [-0.2, 0) is 13.1 Å². The Hall–Kier alpha value is -2.44. The zero-order valence-corrected chi connectivity index (χ0v) is 17.2. The van der Waals surface area contributed by atoms with Gasteiger partial charge in [0.25, 0.3) is 11.5 Å². The van der Waals surface area contributed by atoms with Crippen molar-refractivity contribution in [3.8, 4) is 0 Å². The zero-order valence-electron chi connectivity index (χ0n) is 15.6. The third-order valence-electron chi connectivity index (χ3n) is 4.63. The molecule has 1 aromatic heterocycles. The van der Waals surface area contributed by atoms with Gasteiger partial charge in [-0.25, -0.2) is 0 Å². The molecule has 5 nitrogen and oxygen atoms in total. The van der Waals surface area contributed by atoms with Crippen LogP contribution in [-0.4, -0.2) is 15.5 Å². The number of aromatic nitrogens is 2. The Labute approximate surface area is 173 Å². The quantitative estimate of drug-likeness (QED) is 0.429. The largest absolute Gasteiger partial charge is 0.348 e. The fourth-order valence-electron chi connectivity index (χ4n) is 3.04. The summed E-state index contributed by atoms with van der Waals surface area (Å²) in [7, 11) is 0. The number of carbonyl (C=O) groups is 1. The fraction of sp³-hybridized carbons (Fsp3) is 0.286. The lowest BCUT2D eigenvalue weighted by atomic mass is 10.1. The van der Waals surface area contributed by atoms with Crippen molar-refractivity contribution < 1.29 is 4.79 Å². The van der Waals surface area contributed by atoms with Crippen molar-refractivity contribution in [1.29, 1.82) is 0 Å². The van der Waals surface area contributed by atoms with Gasteiger partial charge in [0, 0.05) is 23.7 Å². The van der Waals surface area contributed by atoms with Crippen LogP contribution < -0.4 is 10.9 Å². The highest BCUT2D eigenvalue weighted by molar-refractivity contribution is 7.71. The molecule has 0 fully saturated rings. The first-order valence-corrected chi connectivity index (χ1v) is 10.1. The fourth-order valence-corrected chi connectivity index (χ4v) is 3.52. The lowest BCUT2D eigenvalue weighted by Gasteiger charge is -2.10. The van der Waals surface area contributed by atoms with E-state index >= 15 is 0 Å². The Kier molecular flexibility index (Phi) is 6.65. The summed E-state index contributed by atoms with van der Waals surface area (Å²) in [6.45, 7) is 3.03. The van der Waals surface area contributed by atoms with Crippen molar-refractivity contribution in [2.24, 2.45) is 0 Å². The van der Waals surface area contributed by atoms with Gasteiger partial charge < -0.3 is 10.3 Å². The van der Waals surface area contributed by atoms with Crippen LogP contribution in [0.1, 0.15) is 42.1 Å². The van der Waals surface area contributed by atoms with Crippen molar-refractivity contribution in [1.82, 2.24) is 14.9 Å². The SMILES string of the molecule is CCCCCn1c(=S)[nH]c2cc(C(=O)NCc3ccccc3Cl)ccc2c1=O. The van der Waals surface area contributed by atoms with Crippen molar-refractivity contribution in [3.63, 3.8) is 0 Å². The Morgan fingerprint density at radius 2 is 2.00 bits per heavy atom. The molecule has 0 bridgehead atoms. The number of halogens is 1. The monoisotopic (exact) mass is 415 g/mol. The van der Waals surface area contributed by atoms with E-state index in [0.717, 1.165) is 24.8 Å². The number of amides is 1. The minimum Gasteiger partial charge on any atom is -0.348 e. The van der Waals surface area contributed by atoms with Gasteiger partial charge in [-0.1, -0.05) is 49.6 Å². The molecule has 146 valence electrons. The molecular weight excluding hydrogens is 394 g/mol.